The van der Waals surface area contributed by atoms with Crippen LogP contribution in [-0.2, 0) is 0 Å². The van der Waals surface area contributed by atoms with Crippen LogP contribution in [0.25, 0.3) is 0 Å². The standard InChI is InChI=1S/C13H21N3O2/c1-3-16(4-2)8-9-18-12-7-5-6-11(10-12)13(17)15-14/h5-7,10H,3-4,8-9,14H2,1-2H3,(H,15,17). The van der Waals surface area contributed by atoms with Gasteiger partial charge in [0.1, 0.15) is 12.4 Å². The first-order valence-corrected chi connectivity index (χ1v) is 6.17. The monoisotopic (exact) mass is 251 g/mol. The molecular weight excluding hydrogens is 230 g/mol. The summed E-state index contributed by atoms with van der Waals surface area (Å²) in [5.41, 5.74) is 2.60. The first-order chi connectivity index (χ1) is 8.71. The van der Waals surface area contributed by atoms with E-state index in [-0.39, 0.29) is 5.91 Å². The third-order valence-electron chi connectivity index (χ3n) is 2.80. The van der Waals surface area contributed by atoms with E-state index in [4.69, 9.17) is 10.6 Å². The van der Waals surface area contributed by atoms with Crippen molar-refractivity contribution in [3.63, 3.8) is 0 Å². The Morgan fingerprint density at radius 2 is 2.11 bits per heavy atom. The number of carbonyl (C=O) groups excluding carboxylic acids is 1. The van der Waals surface area contributed by atoms with E-state index in [2.05, 4.69) is 24.2 Å². The van der Waals surface area contributed by atoms with Crippen molar-refractivity contribution < 1.29 is 9.53 Å². The summed E-state index contributed by atoms with van der Waals surface area (Å²) >= 11 is 0. The summed E-state index contributed by atoms with van der Waals surface area (Å²) < 4.78 is 5.61. The lowest BCUT2D eigenvalue weighted by atomic mass is 10.2. The van der Waals surface area contributed by atoms with Crippen LogP contribution < -0.4 is 16.0 Å². The van der Waals surface area contributed by atoms with Crippen molar-refractivity contribution in [2.75, 3.05) is 26.2 Å². The first-order valence-electron chi connectivity index (χ1n) is 6.17. The van der Waals surface area contributed by atoms with Crippen LogP contribution in [0.1, 0.15) is 24.2 Å². The molecule has 0 aliphatic heterocycles. The highest BCUT2D eigenvalue weighted by Gasteiger charge is 2.05. The maximum Gasteiger partial charge on any atom is 0.265 e. The van der Waals surface area contributed by atoms with Crippen LogP contribution in [-0.4, -0.2) is 37.0 Å². The van der Waals surface area contributed by atoms with Gasteiger partial charge in [-0.3, -0.25) is 10.2 Å². The van der Waals surface area contributed by atoms with E-state index in [1.54, 1.807) is 18.2 Å². The average Bonchev–Trinajstić information content (AvgIpc) is 2.43. The van der Waals surface area contributed by atoms with Crippen LogP contribution in [0.15, 0.2) is 24.3 Å². The Morgan fingerprint density at radius 3 is 2.72 bits per heavy atom. The molecule has 0 bridgehead atoms. The fourth-order valence-electron chi connectivity index (χ4n) is 1.64. The number of nitrogens with one attached hydrogen (secondary N) is 1. The van der Waals surface area contributed by atoms with Crippen LogP contribution in [0.4, 0.5) is 0 Å². The van der Waals surface area contributed by atoms with Crippen LogP contribution >= 0.6 is 0 Å². The van der Waals surface area contributed by atoms with E-state index >= 15 is 0 Å². The summed E-state index contributed by atoms with van der Waals surface area (Å²) in [5.74, 6) is 5.45. The van der Waals surface area contributed by atoms with E-state index in [0.717, 1.165) is 19.6 Å². The highest BCUT2D eigenvalue weighted by atomic mass is 16.5. The summed E-state index contributed by atoms with van der Waals surface area (Å²) in [6.45, 7) is 7.74. The van der Waals surface area contributed by atoms with Gasteiger partial charge >= 0.3 is 0 Å². The van der Waals surface area contributed by atoms with Crippen LogP contribution in [0, 0.1) is 0 Å². The topological polar surface area (TPSA) is 67.6 Å². The van der Waals surface area contributed by atoms with Crippen molar-refractivity contribution in [3.05, 3.63) is 29.8 Å². The molecule has 5 heteroatoms. The van der Waals surface area contributed by atoms with Crippen molar-refractivity contribution in [1.82, 2.24) is 10.3 Å². The third kappa shape index (κ3) is 4.35. The summed E-state index contributed by atoms with van der Waals surface area (Å²) in [4.78, 5) is 13.6. The summed E-state index contributed by atoms with van der Waals surface area (Å²) in [7, 11) is 0. The molecule has 0 aliphatic rings. The zero-order chi connectivity index (χ0) is 13.4. The number of likely N-dealkylation sites (N-methyl/N-ethyl adjacent to an activating group) is 1. The molecule has 0 fully saturated rings. The zero-order valence-electron chi connectivity index (χ0n) is 11.0. The van der Waals surface area contributed by atoms with Crippen molar-refractivity contribution in [2.45, 2.75) is 13.8 Å². The Hall–Kier alpha value is -1.59. The zero-order valence-corrected chi connectivity index (χ0v) is 11.0. The molecule has 1 rings (SSSR count). The van der Waals surface area contributed by atoms with Gasteiger partial charge in [-0.15, -0.1) is 0 Å². The third-order valence-corrected chi connectivity index (χ3v) is 2.80. The van der Waals surface area contributed by atoms with Crippen molar-refractivity contribution >= 4 is 5.91 Å². The van der Waals surface area contributed by atoms with Gasteiger partial charge in [-0.25, -0.2) is 5.84 Å². The van der Waals surface area contributed by atoms with Gasteiger partial charge in [0.2, 0.25) is 0 Å². The van der Waals surface area contributed by atoms with Crippen LogP contribution in [0.2, 0.25) is 0 Å². The van der Waals surface area contributed by atoms with Crippen LogP contribution in [0.3, 0.4) is 0 Å². The van der Waals surface area contributed by atoms with E-state index in [1.807, 2.05) is 6.07 Å². The van der Waals surface area contributed by atoms with Gasteiger partial charge in [-0.05, 0) is 31.3 Å². The minimum atomic E-state index is -0.316. The Labute approximate surface area is 108 Å². The van der Waals surface area contributed by atoms with Gasteiger partial charge in [0.25, 0.3) is 5.91 Å². The summed E-state index contributed by atoms with van der Waals surface area (Å²) in [5, 5.41) is 0. The largest absolute Gasteiger partial charge is 0.492 e. The molecule has 1 amide bonds. The predicted molar refractivity (Wildman–Crippen MR) is 71.4 cm³/mol. The smallest absolute Gasteiger partial charge is 0.265 e. The van der Waals surface area contributed by atoms with Gasteiger partial charge in [-0.2, -0.15) is 0 Å². The lowest BCUT2D eigenvalue weighted by Gasteiger charge is -2.18. The molecule has 0 unspecified atom stereocenters. The number of nitrogens with two attached hydrogens (primary N) is 1. The number of rotatable bonds is 7. The molecule has 100 valence electrons. The Balaban J connectivity index is 2.50. The maximum absolute atomic E-state index is 11.3. The molecule has 1 aromatic rings. The van der Waals surface area contributed by atoms with Gasteiger partial charge in [0.05, 0.1) is 0 Å². The number of carbonyl (C=O) groups is 1. The molecule has 0 saturated heterocycles. The second-order valence-corrected chi connectivity index (χ2v) is 3.88. The Morgan fingerprint density at radius 1 is 1.39 bits per heavy atom. The molecule has 0 aromatic heterocycles. The molecule has 0 aliphatic carbocycles. The van der Waals surface area contributed by atoms with Crippen molar-refractivity contribution in [2.24, 2.45) is 5.84 Å². The quantitative estimate of drug-likeness (QED) is 0.431. The lowest BCUT2D eigenvalue weighted by molar-refractivity contribution is 0.0953. The van der Waals surface area contributed by atoms with Gasteiger partial charge in [0.15, 0.2) is 0 Å². The summed E-state index contributed by atoms with van der Waals surface area (Å²) in [6.07, 6.45) is 0. The van der Waals surface area contributed by atoms with E-state index in [1.165, 1.54) is 0 Å². The van der Waals surface area contributed by atoms with E-state index in [9.17, 15) is 4.79 Å². The Kier molecular flexibility index (Phi) is 6.18. The molecule has 0 atom stereocenters. The molecule has 1 aromatic carbocycles. The number of nitrogens with zero attached hydrogens (tertiary/aromatic N) is 1. The number of nitrogen functional groups attached to an aromatic ring is 1. The number of amides is 1. The molecule has 5 nitrogen and oxygen atoms in total. The molecule has 3 N–H and O–H groups in total. The number of benzene rings is 1. The lowest BCUT2D eigenvalue weighted by Crippen LogP contribution is -2.30. The number of ether oxygens (including phenoxy) is 1. The summed E-state index contributed by atoms with van der Waals surface area (Å²) in [6, 6.07) is 6.98. The number of hydrazine groups is 1. The molecule has 0 radical (unpaired) electrons. The first kappa shape index (κ1) is 14.5. The number of hydrogen-bond donors (Lipinski definition) is 2. The maximum atomic E-state index is 11.3. The molecule has 0 saturated carbocycles. The van der Waals surface area contributed by atoms with Gasteiger partial charge < -0.3 is 9.64 Å². The minimum absolute atomic E-state index is 0.316. The van der Waals surface area contributed by atoms with Gasteiger partial charge in [-0.1, -0.05) is 19.9 Å². The fourth-order valence-corrected chi connectivity index (χ4v) is 1.64. The SMILES string of the molecule is CCN(CC)CCOc1cccc(C(=O)NN)c1. The average molecular weight is 251 g/mol. The molecule has 0 heterocycles. The number of hydrogen-bond acceptors (Lipinski definition) is 4. The second kappa shape index (κ2) is 7.68. The second-order valence-electron chi connectivity index (χ2n) is 3.88. The normalized spacial score (nSPS) is 10.4. The van der Waals surface area contributed by atoms with Crippen LogP contribution in [0.5, 0.6) is 5.75 Å². The van der Waals surface area contributed by atoms with Crippen molar-refractivity contribution in [1.29, 1.82) is 0 Å². The highest BCUT2D eigenvalue weighted by Crippen LogP contribution is 2.13. The van der Waals surface area contributed by atoms with E-state index in [0.29, 0.717) is 17.9 Å². The fraction of sp³-hybridized carbons (Fsp3) is 0.462. The Bertz CT molecular complexity index is 378. The molecule has 18 heavy (non-hydrogen) atoms. The van der Waals surface area contributed by atoms with Crippen molar-refractivity contribution in [3.8, 4) is 5.75 Å². The minimum Gasteiger partial charge on any atom is -0.492 e. The predicted octanol–water partition coefficient (Wildman–Crippen LogP) is 1.01. The molecule has 0 spiro atoms. The highest BCUT2D eigenvalue weighted by molar-refractivity contribution is 5.94. The van der Waals surface area contributed by atoms with Gasteiger partial charge in [0, 0.05) is 12.1 Å². The van der Waals surface area contributed by atoms with E-state index < -0.39 is 0 Å². The molecular formula is C13H21N3O2.